The molecular formula is C12H14N2O5S. The van der Waals surface area contributed by atoms with Gasteiger partial charge in [-0.2, -0.15) is 5.10 Å². The molecule has 1 fully saturated rings. The number of nitrogens with one attached hydrogen (secondary N) is 1. The molecule has 0 aliphatic carbocycles. The largest absolute Gasteiger partial charge is 0.508 e. The lowest BCUT2D eigenvalue weighted by Crippen LogP contribution is -2.27. The van der Waals surface area contributed by atoms with E-state index in [0.717, 1.165) is 6.07 Å². The quantitative estimate of drug-likeness (QED) is 0.536. The van der Waals surface area contributed by atoms with Crippen LogP contribution in [0.2, 0.25) is 0 Å². The topological polar surface area (TPSA) is 116 Å². The van der Waals surface area contributed by atoms with E-state index in [2.05, 4.69) is 10.5 Å². The van der Waals surface area contributed by atoms with Crippen LogP contribution in [0, 0.1) is 5.92 Å². The van der Waals surface area contributed by atoms with Gasteiger partial charge in [0.15, 0.2) is 9.84 Å². The lowest BCUT2D eigenvalue weighted by molar-refractivity contribution is -0.124. The number of rotatable bonds is 3. The average Bonchev–Trinajstić information content (AvgIpc) is 2.72. The third-order valence-corrected chi connectivity index (χ3v) is 4.76. The number of carbonyl (C=O) groups excluding carboxylic acids is 1. The summed E-state index contributed by atoms with van der Waals surface area (Å²) in [7, 11) is -3.11. The van der Waals surface area contributed by atoms with Gasteiger partial charge < -0.3 is 10.2 Å². The highest BCUT2D eigenvalue weighted by atomic mass is 32.2. The summed E-state index contributed by atoms with van der Waals surface area (Å²) >= 11 is 0. The first kappa shape index (κ1) is 14.3. The van der Waals surface area contributed by atoms with Crippen LogP contribution in [-0.2, 0) is 14.6 Å². The number of carbonyl (C=O) groups is 1. The smallest absolute Gasteiger partial charge is 0.244 e. The Balaban J connectivity index is 1.95. The zero-order valence-electron chi connectivity index (χ0n) is 10.5. The predicted molar refractivity (Wildman–Crippen MR) is 72.3 cm³/mol. The van der Waals surface area contributed by atoms with E-state index < -0.39 is 21.7 Å². The molecule has 7 nitrogen and oxygen atoms in total. The summed E-state index contributed by atoms with van der Waals surface area (Å²) in [6.45, 7) is 0. The van der Waals surface area contributed by atoms with Gasteiger partial charge in [-0.3, -0.25) is 4.79 Å². The van der Waals surface area contributed by atoms with Crippen molar-refractivity contribution < 1.29 is 23.4 Å². The molecular weight excluding hydrogens is 284 g/mol. The number of nitrogens with zero attached hydrogens (tertiary/aromatic N) is 1. The Labute approximate surface area is 115 Å². The highest BCUT2D eigenvalue weighted by Crippen LogP contribution is 2.21. The Morgan fingerprint density at radius 2 is 2.15 bits per heavy atom. The second-order valence-corrected chi connectivity index (χ2v) is 6.81. The van der Waals surface area contributed by atoms with E-state index in [1.807, 2.05) is 0 Å². The van der Waals surface area contributed by atoms with Gasteiger partial charge in [0, 0.05) is 11.6 Å². The highest BCUT2D eigenvalue weighted by molar-refractivity contribution is 7.91. The Morgan fingerprint density at radius 1 is 1.40 bits per heavy atom. The maximum atomic E-state index is 11.7. The average molecular weight is 298 g/mol. The zero-order chi connectivity index (χ0) is 14.8. The number of aromatic hydroxyl groups is 2. The van der Waals surface area contributed by atoms with E-state index >= 15 is 0 Å². The number of phenols is 2. The fourth-order valence-electron chi connectivity index (χ4n) is 1.90. The molecule has 0 radical (unpaired) electrons. The van der Waals surface area contributed by atoms with E-state index in [1.165, 1.54) is 18.3 Å². The van der Waals surface area contributed by atoms with Crippen LogP contribution in [0.5, 0.6) is 11.5 Å². The SMILES string of the molecule is O=C(N/N=C/c1ccc(O)cc1O)[C@@H]1CCS(=O)(=O)C1. The van der Waals surface area contributed by atoms with Crippen LogP contribution in [0.1, 0.15) is 12.0 Å². The maximum Gasteiger partial charge on any atom is 0.244 e. The molecule has 1 heterocycles. The van der Waals surface area contributed by atoms with E-state index in [0.29, 0.717) is 12.0 Å². The number of amides is 1. The molecule has 0 spiro atoms. The first-order chi connectivity index (χ1) is 9.37. The molecule has 2 rings (SSSR count). The Hall–Kier alpha value is -2.09. The molecule has 8 heteroatoms. The number of hydrazone groups is 1. The van der Waals surface area contributed by atoms with Crippen LogP contribution < -0.4 is 5.43 Å². The van der Waals surface area contributed by atoms with Crippen LogP contribution in [0.25, 0.3) is 0 Å². The molecule has 0 bridgehead atoms. The predicted octanol–water partition coefficient (Wildman–Crippen LogP) is -0.0174. The molecule has 0 aromatic heterocycles. The first-order valence-electron chi connectivity index (χ1n) is 5.93. The normalized spacial score (nSPS) is 21.1. The van der Waals surface area contributed by atoms with Crippen molar-refractivity contribution in [3.63, 3.8) is 0 Å². The van der Waals surface area contributed by atoms with Crippen molar-refractivity contribution in [2.45, 2.75) is 6.42 Å². The molecule has 108 valence electrons. The van der Waals surface area contributed by atoms with Gasteiger partial charge in [-0.1, -0.05) is 0 Å². The van der Waals surface area contributed by atoms with Crippen molar-refractivity contribution in [2.75, 3.05) is 11.5 Å². The number of sulfone groups is 1. The minimum atomic E-state index is -3.11. The van der Waals surface area contributed by atoms with Crippen LogP contribution in [0.3, 0.4) is 0 Å². The summed E-state index contributed by atoms with van der Waals surface area (Å²) in [5.41, 5.74) is 2.57. The molecule has 1 aliphatic rings. The van der Waals surface area contributed by atoms with Gasteiger partial charge in [-0.15, -0.1) is 0 Å². The van der Waals surface area contributed by atoms with Crippen LogP contribution in [0.15, 0.2) is 23.3 Å². The van der Waals surface area contributed by atoms with E-state index in [1.54, 1.807) is 0 Å². The molecule has 1 aliphatic heterocycles. The van der Waals surface area contributed by atoms with E-state index in [9.17, 15) is 18.3 Å². The zero-order valence-corrected chi connectivity index (χ0v) is 11.3. The lowest BCUT2D eigenvalue weighted by atomic mass is 10.1. The van der Waals surface area contributed by atoms with Crippen molar-refractivity contribution in [3.8, 4) is 11.5 Å². The number of benzene rings is 1. The molecule has 1 amide bonds. The van der Waals surface area contributed by atoms with Crippen molar-refractivity contribution in [1.82, 2.24) is 5.43 Å². The molecule has 1 aromatic rings. The summed E-state index contributed by atoms with van der Waals surface area (Å²) in [5.74, 6) is -1.43. The standard InChI is InChI=1S/C12H14N2O5S/c15-10-2-1-8(11(16)5-10)6-13-14-12(17)9-3-4-20(18,19)7-9/h1-2,5-6,9,15-16H,3-4,7H2,(H,14,17)/b13-6+/t9-/m1/s1. The summed E-state index contributed by atoms with van der Waals surface area (Å²) in [4.78, 5) is 11.7. The van der Waals surface area contributed by atoms with Crippen LogP contribution in [0.4, 0.5) is 0 Å². The third-order valence-electron chi connectivity index (χ3n) is 3.00. The van der Waals surface area contributed by atoms with Crippen molar-refractivity contribution in [2.24, 2.45) is 11.0 Å². The van der Waals surface area contributed by atoms with Gasteiger partial charge in [0.25, 0.3) is 0 Å². The van der Waals surface area contributed by atoms with Crippen molar-refractivity contribution in [1.29, 1.82) is 0 Å². The van der Waals surface area contributed by atoms with Crippen molar-refractivity contribution >= 4 is 22.0 Å². The lowest BCUT2D eigenvalue weighted by Gasteiger charge is -2.05. The van der Waals surface area contributed by atoms with Gasteiger partial charge in [-0.25, -0.2) is 13.8 Å². The molecule has 1 atom stereocenters. The van der Waals surface area contributed by atoms with Gasteiger partial charge in [0.1, 0.15) is 11.5 Å². The molecule has 0 unspecified atom stereocenters. The van der Waals surface area contributed by atoms with Gasteiger partial charge in [-0.05, 0) is 18.6 Å². The summed E-state index contributed by atoms with van der Waals surface area (Å²) in [5, 5.41) is 22.3. The fraction of sp³-hybridized carbons (Fsp3) is 0.333. The van der Waals surface area contributed by atoms with Crippen LogP contribution in [-0.4, -0.2) is 42.3 Å². The molecule has 20 heavy (non-hydrogen) atoms. The second kappa shape index (κ2) is 5.49. The number of phenolic OH excluding ortho intramolecular Hbond substituents is 2. The monoisotopic (exact) mass is 298 g/mol. The Morgan fingerprint density at radius 3 is 2.75 bits per heavy atom. The molecule has 3 N–H and O–H groups in total. The molecule has 1 saturated heterocycles. The molecule has 1 aromatic carbocycles. The highest BCUT2D eigenvalue weighted by Gasteiger charge is 2.32. The minimum Gasteiger partial charge on any atom is -0.508 e. The van der Waals surface area contributed by atoms with E-state index in [-0.39, 0.29) is 23.0 Å². The summed E-state index contributed by atoms with van der Waals surface area (Å²) < 4.78 is 22.5. The minimum absolute atomic E-state index is 0.0214. The third kappa shape index (κ3) is 3.47. The Bertz CT molecular complexity index is 654. The first-order valence-corrected chi connectivity index (χ1v) is 7.75. The number of hydrogen-bond acceptors (Lipinski definition) is 6. The van der Waals surface area contributed by atoms with Crippen molar-refractivity contribution in [3.05, 3.63) is 23.8 Å². The van der Waals surface area contributed by atoms with Gasteiger partial charge >= 0.3 is 0 Å². The summed E-state index contributed by atoms with van der Waals surface area (Å²) in [6.07, 6.45) is 1.52. The summed E-state index contributed by atoms with van der Waals surface area (Å²) in [6, 6.07) is 3.94. The van der Waals surface area contributed by atoms with Gasteiger partial charge in [0.2, 0.25) is 5.91 Å². The number of hydrogen-bond donors (Lipinski definition) is 3. The Kier molecular flexibility index (Phi) is 3.93. The fourth-order valence-corrected chi connectivity index (χ4v) is 3.64. The maximum absolute atomic E-state index is 11.7. The van der Waals surface area contributed by atoms with Gasteiger partial charge in [0.05, 0.1) is 23.6 Å². The molecule has 0 saturated carbocycles. The second-order valence-electron chi connectivity index (χ2n) is 4.58. The van der Waals surface area contributed by atoms with E-state index in [4.69, 9.17) is 5.11 Å². The van der Waals surface area contributed by atoms with Crippen LogP contribution >= 0.6 is 0 Å².